The second-order valence-electron chi connectivity index (χ2n) is 7.56. The minimum atomic E-state index is -0.0271. The van der Waals surface area contributed by atoms with Crippen molar-refractivity contribution in [3.8, 4) is 5.88 Å². The van der Waals surface area contributed by atoms with Crippen LogP contribution in [0, 0.1) is 5.92 Å². The average Bonchev–Trinajstić information content (AvgIpc) is 2.99. The first-order chi connectivity index (χ1) is 12.2. The van der Waals surface area contributed by atoms with Gasteiger partial charge >= 0.3 is 0 Å². The van der Waals surface area contributed by atoms with E-state index in [1.54, 1.807) is 0 Å². The van der Waals surface area contributed by atoms with Crippen LogP contribution in [0.25, 0.3) is 0 Å². The van der Waals surface area contributed by atoms with Crippen molar-refractivity contribution in [2.75, 3.05) is 25.0 Å². The summed E-state index contributed by atoms with van der Waals surface area (Å²) in [6.07, 6.45) is 5.40. The van der Waals surface area contributed by atoms with Crippen LogP contribution in [-0.2, 0) is 13.0 Å². The summed E-state index contributed by atoms with van der Waals surface area (Å²) in [6.45, 7) is 4.28. The summed E-state index contributed by atoms with van der Waals surface area (Å²) in [4.78, 5) is 7.14. The number of rotatable bonds is 3. The molecule has 1 N–H and O–H groups in total. The van der Waals surface area contributed by atoms with Crippen molar-refractivity contribution in [3.63, 3.8) is 0 Å². The molecule has 0 aliphatic carbocycles. The van der Waals surface area contributed by atoms with Gasteiger partial charge in [0.1, 0.15) is 5.60 Å². The Morgan fingerprint density at radius 1 is 1.24 bits per heavy atom. The molecule has 2 aromatic rings. The molecular formula is C20H22ClN3O. The number of nitrogens with zero attached hydrogens (tertiary/aromatic N) is 2. The maximum Gasteiger partial charge on any atom is 0.217 e. The van der Waals surface area contributed by atoms with E-state index in [2.05, 4.69) is 21.3 Å². The van der Waals surface area contributed by atoms with E-state index < -0.39 is 0 Å². The van der Waals surface area contributed by atoms with E-state index >= 15 is 0 Å². The Labute approximate surface area is 153 Å². The number of hydrogen-bond acceptors (Lipinski definition) is 4. The molecule has 3 fully saturated rings. The molecule has 1 aromatic carbocycles. The highest BCUT2D eigenvalue weighted by molar-refractivity contribution is 6.30. The quantitative estimate of drug-likeness (QED) is 0.910. The van der Waals surface area contributed by atoms with Crippen LogP contribution in [0.5, 0.6) is 5.88 Å². The number of piperidine rings is 3. The van der Waals surface area contributed by atoms with Crippen molar-refractivity contribution in [3.05, 3.63) is 52.7 Å². The third-order valence-corrected chi connectivity index (χ3v) is 6.20. The number of nitrogens with one attached hydrogen (secondary N) is 1. The SMILES string of the molecule is Clc1ccc(CNc2cnc3c(c2)C[C@@]2(CN4CCC2CC4)O3)cc1. The smallest absolute Gasteiger partial charge is 0.217 e. The molecule has 1 spiro atoms. The first-order valence-electron chi connectivity index (χ1n) is 9.09. The molecule has 3 saturated heterocycles. The zero-order valence-electron chi connectivity index (χ0n) is 14.2. The van der Waals surface area contributed by atoms with E-state index in [1.165, 1.54) is 37.1 Å². The molecule has 25 heavy (non-hydrogen) atoms. The topological polar surface area (TPSA) is 37.4 Å². The van der Waals surface area contributed by atoms with Gasteiger partial charge in [0.25, 0.3) is 0 Å². The second-order valence-corrected chi connectivity index (χ2v) is 8.00. The van der Waals surface area contributed by atoms with Gasteiger partial charge in [0.2, 0.25) is 5.88 Å². The standard InChI is InChI=1S/C20H22ClN3O/c21-17-3-1-14(2-4-17)11-22-18-9-15-10-20(25-19(15)23-12-18)13-24-7-5-16(20)6-8-24/h1-4,9,12,16,22H,5-8,10-11,13H2/t20-/m0/s1. The molecule has 6 rings (SSSR count). The van der Waals surface area contributed by atoms with Gasteiger partial charge in [0.05, 0.1) is 11.9 Å². The van der Waals surface area contributed by atoms with Crippen LogP contribution >= 0.6 is 11.6 Å². The molecule has 1 atom stereocenters. The van der Waals surface area contributed by atoms with Crippen LogP contribution in [0.3, 0.4) is 0 Å². The Morgan fingerprint density at radius 2 is 2.04 bits per heavy atom. The Balaban J connectivity index is 1.31. The molecular weight excluding hydrogens is 334 g/mol. The van der Waals surface area contributed by atoms with Crippen molar-refractivity contribution in [1.29, 1.82) is 0 Å². The molecule has 4 aliphatic rings. The Morgan fingerprint density at radius 3 is 2.76 bits per heavy atom. The molecule has 5 heteroatoms. The third-order valence-electron chi connectivity index (χ3n) is 5.95. The Hall–Kier alpha value is -1.78. The fourth-order valence-electron chi connectivity index (χ4n) is 4.61. The minimum absolute atomic E-state index is 0.0271. The summed E-state index contributed by atoms with van der Waals surface area (Å²) in [5.41, 5.74) is 3.47. The van der Waals surface area contributed by atoms with Gasteiger partial charge in [-0.2, -0.15) is 0 Å². The minimum Gasteiger partial charge on any atom is -0.469 e. The van der Waals surface area contributed by atoms with Gasteiger partial charge in [0.15, 0.2) is 0 Å². The summed E-state index contributed by atoms with van der Waals surface area (Å²) in [7, 11) is 0. The molecule has 130 valence electrons. The molecule has 2 bridgehead atoms. The highest BCUT2D eigenvalue weighted by atomic mass is 35.5. The first-order valence-corrected chi connectivity index (χ1v) is 9.47. The van der Waals surface area contributed by atoms with Crippen LogP contribution in [0.1, 0.15) is 24.0 Å². The summed E-state index contributed by atoms with van der Waals surface area (Å²) in [6, 6.07) is 10.1. The Kier molecular flexibility index (Phi) is 3.64. The lowest BCUT2D eigenvalue weighted by Crippen LogP contribution is -2.61. The molecule has 1 aromatic heterocycles. The van der Waals surface area contributed by atoms with Gasteiger partial charge in [0, 0.05) is 36.0 Å². The van der Waals surface area contributed by atoms with Crippen LogP contribution in [0.4, 0.5) is 5.69 Å². The predicted molar refractivity (Wildman–Crippen MR) is 99.2 cm³/mol. The number of anilines is 1. The van der Waals surface area contributed by atoms with Gasteiger partial charge in [-0.05, 0) is 49.7 Å². The second kappa shape index (κ2) is 5.89. The molecule has 4 nitrogen and oxygen atoms in total. The van der Waals surface area contributed by atoms with Crippen LogP contribution < -0.4 is 10.1 Å². The number of pyridine rings is 1. The van der Waals surface area contributed by atoms with Crippen LogP contribution in [-0.4, -0.2) is 35.1 Å². The predicted octanol–water partition coefficient (Wildman–Crippen LogP) is 3.75. The van der Waals surface area contributed by atoms with Crippen molar-refractivity contribution in [1.82, 2.24) is 9.88 Å². The van der Waals surface area contributed by atoms with Gasteiger partial charge in [-0.3, -0.25) is 4.90 Å². The number of halogens is 1. The van der Waals surface area contributed by atoms with Crippen molar-refractivity contribution < 1.29 is 4.74 Å². The van der Waals surface area contributed by atoms with E-state index in [0.717, 1.165) is 36.1 Å². The molecule has 0 amide bonds. The van der Waals surface area contributed by atoms with E-state index in [1.807, 2.05) is 30.5 Å². The number of hydrogen-bond donors (Lipinski definition) is 1. The normalized spacial score (nSPS) is 29.5. The fourth-order valence-corrected chi connectivity index (χ4v) is 4.74. The van der Waals surface area contributed by atoms with Crippen LogP contribution in [0.2, 0.25) is 5.02 Å². The molecule has 4 aliphatic heterocycles. The van der Waals surface area contributed by atoms with E-state index in [9.17, 15) is 0 Å². The third kappa shape index (κ3) is 2.77. The lowest BCUT2D eigenvalue weighted by atomic mass is 9.73. The molecule has 5 heterocycles. The lowest BCUT2D eigenvalue weighted by Gasteiger charge is -2.50. The highest BCUT2D eigenvalue weighted by Crippen LogP contribution is 2.46. The van der Waals surface area contributed by atoms with Gasteiger partial charge in [-0.25, -0.2) is 4.98 Å². The average molecular weight is 356 g/mol. The number of benzene rings is 1. The Bertz CT molecular complexity index is 786. The number of fused-ring (bicyclic) bond motifs is 3. The summed E-state index contributed by atoms with van der Waals surface area (Å²) >= 11 is 5.94. The van der Waals surface area contributed by atoms with Gasteiger partial charge in [-0.15, -0.1) is 0 Å². The summed E-state index contributed by atoms with van der Waals surface area (Å²) < 4.78 is 6.41. The highest BCUT2D eigenvalue weighted by Gasteiger charge is 2.52. The summed E-state index contributed by atoms with van der Waals surface area (Å²) in [5, 5.41) is 4.23. The van der Waals surface area contributed by atoms with Crippen LogP contribution in [0.15, 0.2) is 36.5 Å². The fraction of sp³-hybridized carbons (Fsp3) is 0.450. The molecule has 0 radical (unpaired) electrons. The van der Waals surface area contributed by atoms with Gasteiger partial charge < -0.3 is 10.1 Å². The van der Waals surface area contributed by atoms with Crippen molar-refractivity contribution >= 4 is 17.3 Å². The maximum absolute atomic E-state index is 6.41. The zero-order chi connectivity index (χ0) is 16.9. The zero-order valence-corrected chi connectivity index (χ0v) is 14.9. The first kappa shape index (κ1) is 15.5. The van der Waals surface area contributed by atoms with E-state index in [-0.39, 0.29) is 5.60 Å². The summed E-state index contributed by atoms with van der Waals surface area (Å²) in [5.74, 6) is 1.52. The lowest BCUT2D eigenvalue weighted by molar-refractivity contribution is -0.0814. The molecule has 0 unspecified atom stereocenters. The van der Waals surface area contributed by atoms with Gasteiger partial charge in [-0.1, -0.05) is 23.7 Å². The monoisotopic (exact) mass is 355 g/mol. The van der Waals surface area contributed by atoms with Crippen molar-refractivity contribution in [2.24, 2.45) is 5.92 Å². The number of aromatic nitrogens is 1. The number of ether oxygens (including phenoxy) is 1. The van der Waals surface area contributed by atoms with E-state index in [0.29, 0.717) is 5.92 Å². The van der Waals surface area contributed by atoms with E-state index in [4.69, 9.17) is 16.3 Å². The van der Waals surface area contributed by atoms with Crippen molar-refractivity contribution in [2.45, 2.75) is 31.4 Å². The largest absolute Gasteiger partial charge is 0.469 e. The molecule has 0 saturated carbocycles. The maximum atomic E-state index is 6.41.